The molecule has 2 aromatic heterocycles. The zero-order valence-electron chi connectivity index (χ0n) is 19.1. The molecule has 1 fully saturated rings. The summed E-state index contributed by atoms with van der Waals surface area (Å²) in [5.41, 5.74) is 2.59. The summed E-state index contributed by atoms with van der Waals surface area (Å²) in [5, 5.41) is 3.17. The second-order valence-corrected chi connectivity index (χ2v) is 9.28. The van der Waals surface area contributed by atoms with Crippen LogP contribution >= 0.6 is 22.6 Å². The van der Waals surface area contributed by atoms with Crippen LogP contribution in [0.2, 0.25) is 0 Å². The summed E-state index contributed by atoms with van der Waals surface area (Å²) in [7, 11) is 0. The van der Waals surface area contributed by atoms with Gasteiger partial charge in [0.15, 0.2) is 11.4 Å². The van der Waals surface area contributed by atoms with E-state index >= 15 is 0 Å². The Kier molecular flexibility index (Phi) is 7.54. The maximum Gasteiger partial charge on any atom is 0.343 e. The molecule has 1 aromatic carbocycles. The molecular weight excluding hydrogens is 576 g/mol. The minimum absolute atomic E-state index is 0.0224. The van der Waals surface area contributed by atoms with E-state index in [2.05, 4.69) is 15.8 Å². The highest BCUT2D eigenvalue weighted by Gasteiger charge is 2.33. The van der Waals surface area contributed by atoms with Gasteiger partial charge in [0.05, 0.1) is 24.3 Å². The van der Waals surface area contributed by atoms with Crippen LogP contribution in [-0.2, 0) is 19.0 Å². The van der Waals surface area contributed by atoms with Crippen LogP contribution < -0.4 is 10.8 Å². The van der Waals surface area contributed by atoms with Crippen molar-refractivity contribution >= 4 is 56.8 Å². The van der Waals surface area contributed by atoms with Crippen molar-refractivity contribution in [1.29, 1.82) is 0 Å². The summed E-state index contributed by atoms with van der Waals surface area (Å²) in [6.07, 6.45) is 2.30. The van der Waals surface area contributed by atoms with Gasteiger partial charge in [-0.05, 0) is 61.6 Å². The fraction of sp³-hybridized carbons (Fsp3) is 0.348. The molecule has 186 valence electrons. The molecule has 1 aliphatic heterocycles. The number of hydrogen-bond donors (Lipinski definition) is 2. The molecular formula is C23H23FIN3O7. The van der Waals surface area contributed by atoms with Gasteiger partial charge in [0.1, 0.15) is 29.8 Å². The number of aromatic nitrogens is 1. The summed E-state index contributed by atoms with van der Waals surface area (Å²) in [6.45, 7) is 5.69. The number of anilines is 2. The molecule has 0 spiro atoms. The lowest BCUT2D eigenvalue weighted by Gasteiger charge is -2.16. The lowest BCUT2D eigenvalue weighted by Crippen LogP contribution is -2.30. The number of nitrogens with one attached hydrogen (secondary N) is 2. The monoisotopic (exact) mass is 599 g/mol. The fourth-order valence-corrected chi connectivity index (χ4v) is 3.92. The Labute approximate surface area is 213 Å². The molecule has 12 heteroatoms. The van der Waals surface area contributed by atoms with E-state index in [0.717, 1.165) is 0 Å². The number of hydrogen-bond acceptors (Lipinski definition) is 9. The van der Waals surface area contributed by atoms with E-state index in [9.17, 15) is 14.0 Å². The number of esters is 1. The first-order valence-electron chi connectivity index (χ1n) is 10.7. The Balaban J connectivity index is 1.64. The predicted molar refractivity (Wildman–Crippen MR) is 131 cm³/mol. The molecule has 0 radical (unpaired) electrons. The third-order valence-corrected chi connectivity index (χ3v) is 5.66. The molecule has 1 amide bonds. The van der Waals surface area contributed by atoms with Crippen molar-refractivity contribution in [3.8, 4) is 0 Å². The third kappa shape index (κ3) is 5.72. The van der Waals surface area contributed by atoms with Gasteiger partial charge < -0.3 is 23.9 Å². The maximum absolute atomic E-state index is 14.6. The van der Waals surface area contributed by atoms with Gasteiger partial charge in [0, 0.05) is 16.0 Å². The first-order valence-corrected chi connectivity index (χ1v) is 11.8. The number of pyridine rings is 1. The second-order valence-electron chi connectivity index (χ2n) is 8.03. The Bertz CT molecular complexity index is 1260. The normalized spacial score (nSPS) is 16.9. The van der Waals surface area contributed by atoms with Crippen molar-refractivity contribution in [2.24, 2.45) is 0 Å². The van der Waals surface area contributed by atoms with Crippen LogP contribution in [0.4, 0.5) is 15.8 Å². The third-order valence-electron chi connectivity index (χ3n) is 4.99. The van der Waals surface area contributed by atoms with Crippen molar-refractivity contribution in [3.05, 3.63) is 51.3 Å². The van der Waals surface area contributed by atoms with Gasteiger partial charge in [0.25, 0.3) is 0 Å². The Hall–Kier alpha value is -2.81. The topological polar surface area (TPSA) is 121 Å². The van der Waals surface area contributed by atoms with Crippen LogP contribution in [0.5, 0.6) is 0 Å². The number of furan rings is 1. The van der Waals surface area contributed by atoms with Crippen LogP contribution in [0.1, 0.15) is 41.7 Å². The molecule has 0 unspecified atom stereocenters. The highest BCUT2D eigenvalue weighted by atomic mass is 127. The summed E-state index contributed by atoms with van der Waals surface area (Å²) in [6, 6.07) is 4.56. The number of carbonyl (C=O) groups excluding carboxylic acids is 2. The number of fused-ring (bicyclic) bond motifs is 1. The van der Waals surface area contributed by atoms with Gasteiger partial charge >= 0.3 is 11.9 Å². The minimum atomic E-state index is -0.761. The zero-order chi connectivity index (χ0) is 25.2. The highest BCUT2D eigenvalue weighted by molar-refractivity contribution is 14.1. The number of hydroxylamine groups is 1. The smallest absolute Gasteiger partial charge is 0.343 e. The number of ether oxygens (including phenoxy) is 3. The Morgan fingerprint density at radius 3 is 2.80 bits per heavy atom. The Morgan fingerprint density at radius 2 is 2.11 bits per heavy atom. The van der Waals surface area contributed by atoms with E-state index in [0.29, 0.717) is 10.2 Å². The zero-order valence-corrected chi connectivity index (χ0v) is 21.3. The van der Waals surface area contributed by atoms with Gasteiger partial charge in [-0.1, -0.05) is 0 Å². The van der Waals surface area contributed by atoms with E-state index < -0.39 is 23.5 Å². The highest BCUT2D eigenvalue weighted by Crippen LogP contribution is 2.35. The average Bonchev–Trinajstić information content (AvgIpc) is 3.35. The summed E-state index contributed by atoms with van der Waals surface area (Å²) in [4.78, 5) is 34.8. The number of benzene rings is 1. The molecule has 1 atom stereocenters. The minimum Gasteiger partial charge on any atom is -0.462 e. The second kappa shape index (κ2) is 10.4. The number of carbonyl (C=O) groups is 2. The molecule has 3 heterocycles. The molecule has 0 aliphatic carbocycles. The molecule has 2 N–H and O–H groups in total. The van der Waals surface area contributed by atoms with Crippen LogP contribution in [-0.4, -0.2) is 48.6 Å². The molecule has 0 saturated carbocycles. The van der Waals surface area contributed by atoms with Gasteiger partial charge in [0.2, 0.25) is 5.76 Å². The molecule has 1 saturated heterocycles. The van der Waals surface area contributed by atoms with E-state index in [-0.39, 0.29) is 53.0 Å². The van der Waals surface area contributed by atoms with Crippen LogP contribution in [0.3, 0.4) is 0 Å². The summed E-state index contributed by atoms with van der Waals surface area (Å²) < 4.78 is 37.2. The molecule has 10 nitrogen and oxygen atoms in total. The first kappa shape index (κ1) is 25.3. The quantitative estimate of drug-likeness (QED) is 0.222. The molecule has 35 heavy (non-hydrogen) atoms. The first-order chi connectivity index (χ1) is 16.7. The SMILES string of the molecule is CCOC(=O)c1cncc2c(Nc3ccc(I)cc3F)c(C(=O)NOC[C@H]3COC(C)(C)O3)oc12. The van der Waals surface area contributed by atoms with Gasteiger partial charge in [-0.25, -0.2) is 14.7 Å². The van der Waals surface area contributed by atoms with Gasteiger partial charge in [-0.15, -0.1) is 0 Å². The van der Waals surface area contributed by atoms with Crippen molar-refractivity contribution in [3.63, 3.8) is 0 Å². The fourth-order valence-electron chi connectivity index (χ4n) is 3.47. The number of amides is 1. The van der Waals surface area contributed by atoms with Crippen molar-refractivity contribution in [2.75, 3.05) is 25.1 Å². The maximum atomic E-state index is 14.6. The lowest BCUT2D eigenvalue weighted by atomic mass is 10.2. The Morgan fingerprint density at radius 1 is 1.31 bits per heavy atom. The average molecular weight is 599 g/mol. The van der Waals surface area contributed by atoms with E-state index in [1.54, 1.807) is 26.8 Å². The van der Waals surface area contributed by atoms with Gasteiger partial charge in [-0.2, -0.15) is 0 Å². The number of halogens is 2. The summed E-state index contributed by atoms with van der Waals surface area (Å²) in [5.74, 6) is -2.94. The molecule has 3 aromatic rings. The van der Waals surface area contributed by atoms with Crippen molar-refractivity contribution in [1.82, 2.24) is 10.5 Å². The van der Waals surface area contributed by atoms with E-state index in [1.807, 2.05) is 22.6 Å². The number of nitrogens with zero attached hydrogens (tertiary/aromatic N) is 1. The molecule has 1 aliphatic rings. The van der Waals surface area contributed by atoms with E-state index in [4.69, 9.17) is 23.5 Å². The van der Waals surface area contributed by atoms with Crippen LogP contribution in [0, 0.1) is 9.39 Å². The van der Waals surface area contributed by atoms with Crippen LogP contribution in [0.15, 0.2) is 35.0 Å². The van der Waals surface area contributed by atoms with Crippen LogP contribution in [0.25, 0.3) is 11.0 Å². The van der Waals surface area contributed by atoms with Crippen molar-refractivity contribution in [2.45, 2.75) is 32.7 Å². The summed E-state index contributed by atoms with van der Waals surface area (Å²) >= 11 is 1.99. The predicted octanol–water partition coefficient (Wildman–Crippen LogP) is 4.30. The lowest BCUT2D eigenvalue weighted by molar-refractivity contribution is -0.147. The standard InChI is InChI=1S/C23H23FIN3O7/c1-4-31-22(30)15-9-26-8-14-18(27-17-6-5-12(25)7-16(17)24)20(34-19(14)15)21(29)28-33-11-13-10-32-23(2,3)35-13/h5-9,13,27H,4,10-11H2,1-3H3,(H,28,29)/t13-/m1/s1. The van der Waals surface area contributed by atoms with E-state index in [1.165, 1.54) is 24.5 Å². The van der Waals surface area contributed by atoms with Gasteiger partial charge in [-0.3, -0.25) is 14.6 Å². The largest absolute Gasteiger partial charge is 0.462 e. The number of rotatable bonds is 8. The molecule has 4 rings (SSSR count). The van der Waals surface area contributed by atoms with Crippen molar-refractivity contribution < 1.29 is 37.4 Å². The molecule has 0 bridgehead atoms.